The highest BCUT2D eigenvalue weighted by Crippen LogP contribution is 2.23. The van der Waals surface area contributed by atoms with E-state index >= 15 is 0 Å². The van der Waals surface area contributed by atoms with Crippen molar-refractivity contribution in [2.75, 3.05) is 12.4 Å². The van der Waals surface area contributed by atoms with Crippen molar-refractivity contribution < 1.29 is 4.79 Å². The average Bonchev–Trinajstić information content (AvgIpc) is 3.10. The molecule has 3 aromatic rings. The van der Waals surface area contributed by atoms with Crippen molar-refractivity contribution >= 4 is 11.7 Å². The molecule has 26 heavy (non-hydrogen) atoms. The van der Waals surface area contributed by atoms with Gasteiger partial charge in [0.15, 0.2) is 0 Å². The molecule has 134 valence electrons. The molecular formula is C20H23N5O. The molecule has 0 spiro atoms. The Bertz CT molecular complexity index is 832. The maximum atomic E-state index is 12.6. The lowest BCUT2D eigenvalue weighted by atomic mass is 10.1. The quantitative estimate of drug-likeness (QED) is 0.733. The Morgan fingerprint density at radius 1 is 1.19 bits per heavy atom. The van der Waals surface area contributed by atoms with Crippen LogP contribution < -0.4 is 5.32 Å². The van der Waals surface area contributed by atoms with Gasteiger partial charge in [-0.25, -0.2) is 4.79 Å². The number of carbonyl (C=O) groups is 1. The van der Waals surface area contributed by atoms with Gasteiger partial charge in [0.1, 0.15) is 0 Å². The zero-order valence-electron chi connectivity index (χ0n) is 15.0. The monoisotopic (exact) mass is 349 g/mol. The van der Waals surface area contributed by atoms with Crippen LogP contribution in [-0.4, -0.2) is 32.7 Å². The number of hydrogen-bond donors (Lipinski definition) is 1. The molecule has 1 aromatic carbocycles. The van der Waals surface area contributed by atoms with Crippen LogP contribution >= 0.6 is 0 Å². The smallest absolute Gasteiger partial charge is 0.321 e. The number of amides is 2. The fourth-order valence-electron chi connectivity index (χ4n) is 2.96. The molecule has 3 rings (SSSR count). The second kappa shape index (κ2) is 8.29. The maximum Gasteiger partial charge on any atom is 0.322 e. The Morgan fingerprint density at radius 2 is 1.92 bits per heavy atom. The van der Waals surface area contributed by atoms with Crippen molar-refractivity contribution in [1.29, 1.82) is 0 Å². The minimum absolute atomic E-state index is 0.00244. The second-order valence-corrected chi connectivity index (χ2v) is 6.16. The van der Waals surface area contributed by atoms with Crippen molar-refractivity contribution in [3.63, 3.8) is 0 Å². The van der Waals surface area contributed by atoms with Crippen LogP contribution in [-0.2, 0) is 6.54 Å². The Kier molecular flexibility index (Phi) is 5.63. The first-order valence-corrected chi connectivity index (χ1v) is 8.67. The van der Waals surface area contributed by atoms with E-state index in [1.165, 1.54) is 0 Å². The largest absolute Gasteiger partial charge is 0.322 e. The third kappa shape index (κ3) is 4.27. The van der Waals surface area contributed by atoms with Crippen molar-refractivity contribution in [3.8, 4) is 0 Å². The summed E-state index contributed by atoms with van der Waals surface area (Å²) < 4.78 is 1.81. The minimum Gasteiger partial charge on any atom is -0.321 e. The number of hydrogen-bond acceptors (Lipinski definition) is 3. The molecule has 1 N–H and O–H groups in total. The number of benzene rings is 1. The van der Waals surface area contributed by atoms with Gasteiger partial charge in [0.05, 0.1) is 24.5 Å². The van der Waals surface area contributed by atoms with E-state index < -0.39 is 0 Å². The summed E-state index contributed by atoms with van der Waals surface area (Å²) in [5, 5.41) is 7.24. The van der Waals surface area contributed by atoms with Gasteiger partial charge >= 0.3 is 6.03 Å². The topological polar surface area (TPSA) is 63.1 Å². The van der Waals surface area contributed by atoms with Crippen molar-refractivity contribution in [2.45, 2.75) is 25.9 Å². The lowest BCUT2D eigenvalue weighted by Crippen LogP contribution is -2.34. The van der Waals surface area contributed by atoms with E-state index in [2.05, 4.69) is 22.3 Å². The molecule has 1 atom stereocenters. The summed E-state index contributed by atoms with van der Waals surface area (Å²) in [6.45, 7) is 2.73. The molecule has 0 radical (unpaired) electrons. The van der Waals surface area contributed by atoms with Crippen LogP contribution in [0.4, 0.5) is 10.5 Å². The van der Waals surface area contributed by atoms with Gasteiger partial charge in [-0.05, 0) is 29.7 Å². The highest BCUT2D eigenvalue weighted by Gasteiger charge is 2.20. The lowest BCUT2D eigenvalue weighted by molar-refractivity contribution is 0.202. The number of carbonyl (C=O) groups excluding carboxylic acids is 1. The van der Waals surface area contributed by atoms with Gasteiger partial charge in [0.25, 0.3) is 0 Å². The summed E-state index contributed by atoms with van der Waals surface area (Å²) in [4.78, 5) is 18.4. The van der Waals surface area contributed by atoms with E-state index in [4.69, 9.17) is 0 Å². The van der Waals surface area contributed by atoms with E-state index in [9.17, 15) is 4.79 Å². The molecular weight excluding hydrogens is 326 g/mol. The van der Waals surface area contributed by atoms with Crippen LogP contribution in [0.3, 0.4) is 0 Å². The fourth-order valence-corrected chi connectivity index (χ4v) is 2.96. The van der Waals surface area contributed by atoms with E-state index in [1.807, 2.05) is 53.3 Å². The van der Waals surface area contributed by atoms with E-state index in [0.29, 0.717) is 12.2 Å². The molecule has 0 saturated carbocycles. The Labute approximate surface area is 153 Å². The molecule has 0 saturated heterocycles. The first-order chi connectivity index (χ1) is 12.7. The highest BCUT2D eigenvalue weighted by atomic mass is 16.2. The predicted molar refractivity (Wildman–Crippen MR) is 102 cm³/mol. The van der Waals surface area contributed by atoms with Crippen LogP contribution in [0.1, 0.15) is 30.5 Å². The maximum absolute atomic E-state index is 12.6. The molecule has 0 fully saturated rings. The SMILES string of the molecule is CC[C@@H](c1ccncc1)N(C)C(=O)Nc1cnn(Cc2ccccc2)c1. The van der Waals surface area contributed by atoms with Crippen LogP contribution in [0.15, 0.2) is 67.3 Å². The number of nitrogens with one attached hydrogen (secondary N) is 1. The third-order valence-corrected chi connectivity index (χ3v) is 4.34. The Balaban J connectivity index is 1.64. The normalized spacial score (nSPS) is 11.8. The van der Waals surface area contributed by atoms with Crippen LogP contribution in [0, 0.1) is 0 Å². The second-order valence-electron chi connectivity index (χ2n) is 6.16. The number of rotatable bonds is 6. The minimum atomic E-state index is -0.159. The summed E-state index contributed by atoms with van der Waals surface area (Å²) in [6, 6.07) is 13.8. The highest BCUT2D eigenvalue weighted by molar-refractivity contribution is 5.89. The predicted octanol–water partition coefficient (Wildman–Crippen LogP) is 3.94. The lowest BCUT2D eigenvalue weighted by Gasteiger charge is -2.27. The zero-order valence-corrected chi connectivity index (χ0v) is 15.0. The Hall–Kier alpha value is -3.15. The summed E-state index contributed by atoms with van der Waals surface area (Å²) in [5.41, 5.74) is 2.91. The fraction of sp³-hybridized carbons (Fsp3) is 0.250. The molecule has 2 heterocycles. The molecule has 2 amide bonds. The first-order valence-electron chi connectivity index (χ1n) is 8.67. The molecule has 2 aromatic heterocycles. The Morgan fingerprint density at radius 3 is 2.62 bits per heavy atom. The summed E-state index contributed by atoms with van der Waals surface area (Å²) in [7, 11) is 1.80. The molecule has 6 heteroatoms. The van der Waals surface area contributed by atoms with Gasteiger partial charge in [0, 0.05) is 25.6 Å². The summed E-state index contributed by atoms with van der Waals surface area (Å²) in [5.74, 6) is 0. The van der Waals surface area contributed by atoms with E-state index in [-0.39, 0.29) is 12.1 Å². The van der Waals surface area contributed by atoms with E-state index in [1.54, 1.807) is 30.5 Å². The van der Waals surface area contributed by atoms with Gasteiger partial charge in [-0.15, -0.1) is 0 Å². The van der Waals surface area contributed by atoms with Crippen molar-refractivity contribution in [1.82, 2.24) is 19.7 Å². The van der Waals surface area contributed by atoms with Crippen LogP contribution in [0.25, 0.3) is 0 Å². The van der Waals surface area contributed by atoms with Crippen LogP contribution in [0.2, 0.25) is 0 Å². The number of nitrogens with zero attached hydrogens (tertiary/aromatic N) is 4. The van der Waals surface area contributed by atoms with Gasteiger partial charge in [0.2, 0.25) is 0 Å². The van der Waals surface area contributed by atoms with Crippen LogP contribution in [0.5, 0.6) is 0 Å². The molecule has 0 aliphatic rings. The number of urea groups is 1. The zero-order chi connectivity index (χ0) is 18.4. The summed E-state index contributed by atoms with van der Waals surface area (Å²) in [6.07, 6.45) is 7.82. The number of anilines is 1. The van der Waals surface area contributed by atoms with E-state index in [0.717, 1.165) is 17.5 Å². The average molecular weight is 349 g/mol. The standard InChI is InChI=1S/C20H23N5O/c1-3-19(17-9-11-21-12-10-17)24(2)20(26)23-18-13-22-25(15-18)14-16-7-5-4-6-8-16/h4-13,15,19H,3,14H2,1-2H3,(H,23,26)/t19-/m0/s1. The van der Waals surface area contributed by atoms with Crippen molar-refractivity contribution in [2.24, 2.45) is 0 Å². The van der Waals surface area contributed by atoms with Gasteiger partial charge in [-0.2, -0.15) is 5.10 Å². The molecule has 0 unspecified atom stereocenters. The number of pyridine rings is 1. The molecule has 6 nitrogen and oxygen atoms in total. The van der Waals surface area contributed by atoms with Crippen molar-refractivity contribution in [3.05, 3.63) is 78.4 Å². The molecule has 0 aliphatic heterocycles. The van der Waals surface area contributed by atoms with Gasteiger partial charge in [-0.1, -0.05) is 37.3 Å². The van der Waals surface area contributed by atoms with Gasteiger partial charge in [-0.3, -0.25) is 9.67 Å². The molecule has 0 aliphatic carbocycles. The summed E-state index contributed by atoms with van der Waals surface area (Å²) >= 11 is 0. The molecule has 0 bridgehead atoms. The third-order valence-electron chi connectivity index (χ3n) is 4.34. The first kappa shape index (κ1) is 17.7. The number of aromatic nitrogens is 3. The van der Waals surface area contributed by atoms with Gasteiger partial charge < -0.3 is 10.2 Å².